The zero-order valence-corrected chi connectivity index (χ0v) is 21.4. The molecule has 8 nitrogen and oxygen atoms in total. The van der Waals surface area contributed by atoms with Gasteiger partial charge < -0.3 is 0 Å². The van der Waals surface area contributed by atoms with Crippen LogP contribution in [0.1, 0.15) is 82.5 Å². The van der Waals surface area contributed by atoms with E-state index in [-0.39, 0.29) is 11.1 Å². The average molecular weight is 488 g/mol. The fourth-order valence-corrected chi connectivity index (χ4v) is 6.03. The molecule has 0 bridgehead atoms. The highest BCUT2D eigenvalue weighted by molar-refractivity contribution is 5.65. The van der Waals surface area contributed by atoms with Crippen LogP contribution in [0.4, 0.5) is 0 Å². The van der Waals surface area contributed by atoms with E-state index < -0.39 is 0 Å². The normalized spacial score (nSPS) is 23.8. The Bertz CT molecular complexity index is 1270. The largest absolute Gasteiger partial charge is 0.328 e. The zero-order valence-electron chi connectivity index (χ0n) is 21.4. The molecule has 1 saturated carbocycles. The molecule has 36 heavy (non-hydrogen) atoms. The third kappa shape index (κ3) is 4.73. The summed E-state index contributed by atoms with van der Waals surface area (Å²) < 4.78 is 4.14. The highest BCUT2D eigenvalue weighted by Gasteiger charge is 2.34. The summed E-state index contributed by atoms with van der Waals surface area (Å²) in [6.07, 6.45) is 17.9. The van der Waals surface area contributed by atoms with Gasteiger partial charge in [0.2, 0.25) is 5.82 Å². The van der Waals surface area contributed by atoms with Gasteiger partial charge in [0.25, 0.3) is 0 Å². The monoisotopic (exact) mass is 487 g/mol. The predicted octanol–water partition coefficient (Wildman–Crippen LogP) is 5.24. The molecule has 1 aliphatic carbocycles. The highest BCUT2D eigenvalue weighted by Crippen LogP contribution is 2.37. The van der Waals surface area contributed by atoms with Crippen molar-refractivity contribution < 1.29 is 0 Å². The number of H-pyrrole nitrogens is 1. The lowest BCUT2D eigenvalue weighted by Crippen LogP contribution is -2.38. The van der Waals surface area contributed by atoms with E-state index in [1.165, 1.54) is 19.3 Å². The van der Waals surface area contributed by atoms with Gasteiger partial charge in [0.05, 0.1) is 0 Å². The number of allylic oxidation sites excluding steroid dienone is 1. The molecule has 2 aliphatic rings. The van der Waals surface area contributed by atoms with E-state index in [9.17, 15) is 4.79 Å². The molecule has 0 radical (unpaired) electrons. The number of benzene rings is 1. The molecule has 8 heteroatoms. The number of tetrazole rings is 1. The van der Waals surface area contributed by atoms with Crippen molar-refractivity contribution >= 4 is 6.21 Å². The Kier molecular flexibility index (Phi) is 7.30. The second kappa shape index (κ2) is 10.8. The maximum absolute atomic E-state index is 14.1. The number of unbranched alkanes of at least 4 members (excludes halogenated alkanes) is 1. The molecule has 190 valence electrons. The summed E-state index contributed by atoms with van der Waals surface area (Å²) >= 11 is 0. The minimum Gasteiger partial charge on any atom is -0.296 e. The number of nitrogens with one attached hydrogen (secondary N) is 1. The van der Waals surface area contributed by atoms with Gasteiger partial charge >= 0.3 is 5.69 Å². The molecular formula is C28H37N7O. The molecule has 5 rings (SSSR count). The van der Waals surface area contributed by atoms with Crippen molar-refractivity contribution in [1.82, 2.24) is 29.8 Å². The van der Waals surface area contributed by atoms with Crippen molar-refractivity contribution in [2.45, 2.75) is 89.6 Å². The van der Waals surface area contributed by atoms with Crippen LogP contribution in [0.5, 0.6) is 0 Å². The number of aliphatic imine (C=N–C) groups is 1. The Morgan fingerprint density at radius 2 is 2.08 bits per heavy atom. The Morgan fingerprint density at radius 1 is 1.19 bits per heavy atom. The first-order valence-electron chi connectivity index (χ1n) is 13.5. The Balaban J connectivity index is 1.56. The van der Waals surface area contributed by atoms with E-state index >= 15 is 0 Å². The number of rotatable bonds is 9. The zero-order chi connectivity index (χ0) is 25.0. The summed E-state index contributed by atoms with van der Waals surface area (Å²) in [6.45, 7) is 5.06. The Hall–Kier alpha value is -3.29. The van der Waals surface area contributed by atoms with Gasteiger partial charge in [-0.3, -0.25) is 14.1 Å². The van der Waals surface area contributed by atoms with Crippen LogP contribution in [0.3, 0.4) is 0 Å². The minimum atomic E-state index is -0.380. The van der Waals surface area contributed by atoms with Gasteiger partial charge in [-0.05, 0) is 54.9 Å². The average Bonchev–Trinajstić information content (AvgIpc) is 3.57. The summed E-state index contributed by atoms with van der Waals surface area (Å²) in [5, 5.41) is 14.6. The SMILES string of the molecule is CCCCc1cn(C2CCCCC2CC)c(=O)n1CC1(c2cccc(-c3nn[nH]n3)c2)C=CN=CC1. The van der Waals surface area contributed by atoms with Crippen LogP contribution in [0.15, 0.2) is 52.5 Å². The first-order chi connectivity index (χ1) is 17.6. The van der Waals surface area contributed by atoms with Crippen LogP contribution in [-0.4, -0.2) is 36.0 Å². The van der Waals surface area contributed by atoms with E-state index in [4.69, 9.17) is 0 Å². The van der Waals surface area contributed by atoms with Crippen molar-refractivity contribution in [3.05, 3.63) is 64.5 Å². The van der Waals surface area contributed by atoms with Crippen LogP contribution >= 0.6 is 0 Å². The molecule has 1 aliphatic heterocycles. The molecule has 3 heterocycles. The molecule has 1 aromatic carbocycles. The molecule has 3 atom stereocenters. The first kappa shape index (κ1) is 24.4. The summed E-state index contributed by atoms with van der Waals surface area (Å²) in [7, 11) is 0. The predicted molar refractivity (Wildman–Crippen MR) is 142 cm³/mol. The summed E-state index contributed by atoms with van der Waals surface area (Å²) in [4.78, 5) is 18.4. The quantitative estimate of drug-likeness (QED) is 0.447. The van der Waals surface area contributed by atoms with E-state index in [0.29, 0.717) is 24.3 Å². The van der Waals surface area contributed by atoms with Crippen LogP contribution in [0.25, 0.3) is 11.4 Å². The topological polar surface area (TPSA) is 93.8 Å². The molecule has 1 fully saturated rings. The number of aromatic nitrogens is 6. The fourth-order valence-electron chi connectivity index (χ4n) is 6.03. The van der Waals surface area contributed by atoms with Gasteiger partial charge in [-0.15, -0.1) is 10.2 Å². The van der Waals surface area contributed by atoms with E-state index in [1.54, 1.807) is 0 Å². The van der Waals surface area contributed by atoms with E-state index in [2.05, 4.69) is 73.0 Å². The number of nitrogens with zero attached hydrogens (tertiary/aromatic N) is 6. The Morgan fingerprint density at radius 3 is 2.83 bits per heavy atom. The maximum atomic E-state index is 14.1. The van der Waals surface area contributed by atoms with Crippen molar-refractivity contribution in [2.75, 3.05) is 0 Å². The second-order valence-corrected chi connectivity index (χ2v) is 10.3. The lowest BCUT2D eigenvalue weighted by atomic mass is 9.76. The molecule has 3 aromatic rings. The van der Waals surface area contributed by atoms with Gasteiger partial charge in [0.15, 0.2) is 0 Å². The fraction of sp³-hybridized carbons (Fsp3) is 0.536. The number of hydrogen-bond donors (Lipinski definition) is 1. The Labute approximate surface area is 212 Å². The van der Waals surface area contributed by atoms with Crippen molar-refractivity contribution in [3.8, 4) is 11.4 Å². The number of hydrogen-bond acceptors (Lipinski definition) is 5. The third-order valence-electron chi connectivity index (χ3n) is 8.15. The molecule has 0 amide bonds. The van der Waals surface area contributed by atoms with Gasteiger partial charge in [-0.2, -0.15) is 5.21 Å². The van der Waals surface area contributed by atoms with Gasteiger partial charge in [-0.1, -0.05) is 63.8 Å². The molecule has 2 aromatic heterocycles. The third-order valence-corrected chi connectivity index (χ3v) is 8.15. The number of aryl methyl sites for hydroxylation is 1. The van der Waals surface area contributed by atoms with Gasteiger partial charge in [0.1, 0.15) is 0 Å². The van der Waals surface area contributed by atoms with Gasteiger partial charge in [0, 0.05) is 47.9 Å². The van der Waals surface area contributed by atoms with Crippen LogP contribution in [-0.2, 0) is 18.4 Å². The lowest BCUT2D eigenvalue weighted by Gasteiger charge is -2.33. The lowest BCUT2D eigenvalue weighted by molar-refractivity contribution is 0.226. The molecule has 1 N–H and O–H groups in total. The highest BCUT2D eigenvalue weighted by atomic mass is 16.1. The van der Waals surface area contributed by atoms with E-state index in [1.807, 2.05) is 24.5 Å². The van der Waals surface area contributed by atoms with Crippen molar-refractivity contribution in [3.63, 3.8) is 0 Å². The van der Waals surface area contributed by atoms with Crippen LogP contribution in [0.2, 0.25) is 0 Å². The summed E-state index contributed by atoms with van der Waals surface area (Å²) in [6, 6.07) is 8.58. The molecule has 3 unspecified atom stereocenters. The van der Waals surface area contributed by atoms with Crippen LogP contribution in [0, 0.1) is 5.92 Å². The number of imidazole rings is 1. The molecule has 0 saturated heterocycles. The van der Waals surface area contributed by atoms with Gasteiger partial charge in [-0.25, -0.2) is 4.79 Å². The van der Waals surface area contributed by atoms with E-state index in [0.717, 1.165) is 55.3 Å². The van der Waals surface area contributed by atoms with Crippen LogP contribution < -0.4 is 5.69 Å². The van der Waals surface area contributed by atoms with Crippen molar-refractivity contribution in [1.29, 1.82) is 0 Å². The van der Waals surface area contributed by atoms with Crippen molar-refractivity contribution in [2.24, 2.45) is 10.9 Å². The number of aromatic amines is 1. The minimum absolute atomic E-state index is 0.135. The molecular weight excluding hydrogens is 450 g/mol. The summed E-state index contributed by atoms with van der Waals surface area (Å²) in [5.74, 6) is 1.14. The smallest absolute Gasteiger partial charge is 0.296 e. The standard InChI is InChI=1S/C28H37N7O/c1-3-5-12-24-19-34(25-13-7-6-9-21(25)4-2)27(36)35(24)20-28(14-16-29-17-15-28)23-11-8-10-22(18-23)26-30-32-33-31-26/h8,10-11,14,16-19,21,25H,3-7,9,12-13,15,20H2,1-2H3,(H,30,31,32,33). The maximum Gasteiger partial charge on any atom is 0.328 e. The first-order valence-corrected chi connectivity index (χ1v) is 13.5. The summed E-state index contributed by atoms with van der Waals surface area (Å²) in [5.41, 5.74) is 2.93. The molecule has 0 spiro atoms. The second-order valence-electron chi connectivity index (χ2n) is 10.3.